The molecule has 0 radical (unpaired) electrons. The third-order valence-electron chi connectivity index (χ3n) is 2.45. The first-order valence-electron chi connectivity index (χ1n) is 5.61. The monoisotopic (exact) mass is 292 g/mol. The summed E-state index contributed by atoms with van der Waals surface area (Å²) in [6.45, 7) is 2.05. The van der Waals surface area contributed by atoms with Crippen molar-refractivity contribution in [3.05, 3.63) is 33.9 Å². The number of hydrogen-bond donors (Lipinski definition) is 1. The minimum Gasteiger partial charge on any atom is -0.384 e. The van der Waals surface area contributed by atoms with Gasteiger partial charge >= 0.3 is 0 Å². The van der Waals surface area contributed by atoms with Crippen LogP contribution in [-0.4, -0.2) is 27.2 Å². The summed E-state index contributed by atoms with van der Waals surface area (Å²) >= 11 is 0. The van der Waals surface area contributed by atoms with Gasteiger partial charge in [0.05, 0.1) is 4.92 Å². The van der Waals surface area contributed by atoms with Crippen LogP contribution in [0.15, 0.2) is 18.2 Å². The Balaban J connectivity index is 2.82. The summed E-state index contributed by atoms with van der Waals surface area (Å²) in [6, 6.07) is 3.25. The van der Waals surface area contributed by atoms with Crippen molar-refractivity contribution in [3.8, 4) is 0 Å². The van der Waals surface area contributed by atoms with Gasteiger partial charge in [0.25, 0.3) is 12.1 Å². The molecule has 5 nitrogen and oxygen atoms in total. The molecule has 0 saturated heterocycles. The summed E-state index contributed by atoms with van der Waals surface area (Å²) in [5, 5.41) is 13.3. The van der Waals surface area contributed by atoms with E-state index < -0.39 is 27.7 Å². The molecule has 0 aliphatic rings. The lowest BCUT2D eigenvalue weighted by atomic mass is 10.1. The van der Waals surface area contributed by atoms with Crippen LogP contribution in [0.1, 0.15) is 18.9 Å². The van der Waals surface area contributed by atoms with Crippen LogP contribution < -0.4 is 5.32 Å². The number of anilines is 1. The number of nitro benzene ring substituents is 1. The molecular weight excluding hydrogens is 278 g/mol. The minimum absolute atomic E-state index is 0.133. The van der Waals surface area contributed by atoms with Crippen LogP contribution in [0.4, 0.5) is 20.2 Å². The smallest absolute Gasteiger partial charge is 0.270 e. The molecule has 0 aliphatic carbocycles. The van der Waals surface area contributed by atoms with Crippen LogP contribution in [0, 0.1) is 10.1 Å². The second kappa shape index (κ2) is 7.13. The summed E-state index contributed by atoms with van der Waals surface area (Å²) in [4.78, 5) is 9.81. The van der Waals surface area contributed by atoms with E-state index in [0.29, 0.717) is 11.5 Å². The molecule has 0 fully saturated rings. The number of nitrogens with one attached hydrogen (secondary N) is 1. The second-order valence-corrected chi connectivity index (χ2v) is 5.55. The highest BCUT2D eigenvalue weighted by molar-refractivity contribution is 7.84. The molecule has 0 amide bonds. The molecule has 8 heteroatoms. The topological polar surface area (TPSA) is 72.2 Å². The molecule has 1 atom stereocenters. The van der Waals surface area contributed by atoms with Gasteiger partial charge in [0.1, 0.15) is 0 Å². The van der Waals surface area contributed by atoms with E-state index in [1.54, 1.807) is 6.92 Å². The number of hydrogen-bond acceptors (Lipinski definition) is 4. The maximum Gasteiger partial charge on any atom is 0.270 e. The van der Waals surface area contributed by atoms with Crippen molar-refractivity contribution in [2.45, 2.75) is 13.3 Å². The molecule has 0 aliphatic heterocycles. The molecule has 0 aromatic heterocycles. The molecule has 1 rings (SSSR count). The molecule has 0 saturated carbocycles. The second-order valence-electron chi connectivity index (χ2n) is 3.69. The largest absolute Gasteiger partial charge is 0.384 e. The summed E-state index contributed by atoms with van der Waals surface area (Å²) in [5.74, 6) is 0.847. The summed E-state index contributed by atoms with van der Waals surface area (Å²) in [7, 11) is -0.988. The fourth-order valence-electron chi connectivity index (χ4n) is 1.45. The van der Waals surface area contributed by atoms with Gasteiger partial charge in [-0.15, -0.1) is 0 Å². The first-order valence-corrected chi connectivity index (χ1v) is 7.09. The predicted octanol–water partition coefficient (Wildman–Crippen LogP) is 2.71. The minimum atomic E-state index is -2.81. The molecule has 0 heterocycles. The zero-order valence-electron chi connectivity index (χ0n) is 10.3. The lowest BCUT2D eigenvalue weighted by Gasteiger charge is -2.11. The molecule has 1 N–H and O–H groups in total. The molecular formula is C11H14F2N2O3S. The lowest BCUT2D eigenvalue weighted by molar-refractivity contribution is -0.385. The molecule has 106 valence electrons. The number of non-ortho nitro benzene ring substituents is 1. The molecule has 19 heavy (non-hydrogen) atoms. The van der Waals surface area contributed by atoms with Gasteiger partial charge in [-0.2, -0.15) is 0 Å². The van der Waals surface area contributed by atoms with Crippen LogP contribution in [0.5, 0.6) is 0 Å². The average molecular weight is 292 g/mol. The van der Waals surface area contributed by atoms with Crippen molar-refractivity contribution in [2.24, 2.45) is 0 Å². The van der Waals surface area contributed by atoms with E-state index in [9.17, 15) is 23.1 Å². The Bertz CT molecular complexity index is 483. The zero-order valence-corrected chi connectivity index (χ0v) is 11.1. The van der Waals surface area contributed by atoms with E-state index in [0.717, 1.165) is 12.1 Å². The third kappa shape index (κ3) is 4.55. The van der Waals surface area contributed by atoms with E-state index in [1.807, 2.05) is 0 Å². The van der Waals surface area contributed by atoms with Gasteiger partial charge in [-0.05, 0) is 6.07 Å². The quantitative estimate of drug-likeness (QED) is 0.619. The Morgan fingerprint density at radius 1 is 1.47 bits per heavy atom. The molecule has 0 bridgehead atoms. The van der Waals surface area contributed by atoms with E-state index in [4.69, 9.17) is 0 Å². The normalized spacial score (nSPS) is 12.4. The van der Waals surface area contributed by atoms with Gasteiger partial charge in [-0.1, -0.05) is 6.92 Å². The van der Waals surface area contributed by atoms with Gasteiger partial charge in [-0.3, -0.25) is 14.3 Å². The molecule has 1 unspecified atom stereocenters. The number of rotatable bonds is 7. The predicted molar refractivity (Wildman–Crippen MR) is 70.1 cm³/mol. The van der Waals surface area contributed by atoms with E-state index in [2.05, 4.69) is 5.32 Å². The number of nitrogens with zero attached hydrogens (tertiary/aromatic N) is 1. The SMILES string of the molecule is CCS(=O)CCNc1ccc([N+](=O)[O-])cc1C(F)F. The van der Waals surface area contributed by atoms with Crippen molar-refractivity contribution >= 4 is 22.2 Å². The Morgan fingerprint density at radius 2 is 2.16 bits per heavy atom. The highest BCUT2D eigenvalue weighted by Crippen LogP contribution is 2.30. The van der Waals surface area contributed by atoms with Crippen molar-refractivity contribution in [2.75, 3.05) is 23.4 Å². The van der Waals surface area contributed by atoms with Crippen LogP contribution in [0.3, 0.4) is 0 Å². The Morgan fingerprint density at radius 3 is 2.68 bits per heavy atom. The zero-order chi connectivity index (χ0) is 14.4. The maximum absolute atomic E-state index is 12.8. The summed E-state index contributed by atoms with van der Waals surface area (Å²) in [6.07, 6.45) is -2.81. The van der Waals surface area contributed by atoms with Gasteiger partial charge in [0.2, 0.25) is 0 Å². The number of nitro groups is 1. The summed E-state index contributed by atoms with van der Waals surface area (Å²) in [5.41, 5.74) is -0.664. The standard InChI is InChI=1S/C11H14F2N2O3S/c1-2-19(18)6-5-14-10-4-3-8(15(16)17)7-9(10)11(12)13/h3-4,7,11,14H,2,5-6H2,1H3. The fraction of sp³-hybridized carbons (Fsp3) is 0.455. The van der Waals surface area contributed by atoms with Gasteiger partial charge in [0.15, 0.2) is 0 Å². The van der Waals surface area contributed by atoms with Gasteiger partial charge in [-0.25, -0.2) is 8.78 Å². The first kappa shape index (κ1) is 15.5. The first-order chi connectivity index (χ1) is 8.95. The van der Waals surface area contributed by atoms with Gasteiger partial charge < -0.3 is 5.32 Å². The van der Waals surface area contributed by atoms with Crippen molar-refractivity contribution in [3.63, 3.8) is 0 Å². The van der Waals surface area contributed by atoms with Crippen molar-refractivity contribution < 1.29 is 17.9 Å². The van der Waals surface area contributed by atoms with Crippen LogP contribution >= 0.6 is 0 Å². The average Bonchev–Trinajstić information content (AvgIpc) is 2.38. The fourth-order valence-corrected chi connectivity index (χ4v) is 2.07. The maximum atomic E-state index is 12.8. The molecule has 0 spiro atoms. The van der Waals surface area contributed by atoms with Gasteiger partial charge in [0, 0.05) is 52.2 Å². The summed E-state index contributed by atoms with van der Waals surface area (Å²) < 4.78 is 36.8. The lowest BCUT2D eigenvalue weighted by Crippen LogP contribution is -2.13. The van der Waals surface area contributed by atoms with E-state index >= 15 is 0 Å². The van der Waals surface area contributed by atoms with Crippen LogP contribution in [0.25, 0.3) is 0 Å². The Labute approximate surface area is 111 Å². The highest BCUT2D eigenvalue weighted by Gasteiger charge is 2.17. The number of halogens is 2. The van der Waals surface area contributed by atoms with Crippen molar-refractivity contribution in [1.29, 1.82) is 0 Å². The molecule has 1 aromatic carbocycles. The van der Waals surface area contributed by atoms with E-state index in [1.165, 1.54) is 6.07 Å². The Hall–Kier alpha value is -1.57. The van der Waals surface area contributed by atoms with Crippen molar-refractivity contribution in [1.82, 2.24) is 0 Å². The Kier molecular flexibility index (Phi) is 5.81. The number of benzene rings is 1. The van der Waals surface area contributed by atoms with E-state index in [-0.39, 0.29) is 17.9 Å². The highest BCUT2D eigenvalue weighted by atomic mass is 32.2. The van der Waals surface area contributed by atoms with Crippen LogP contribution in [0.2, 0.25) is 0 Å². The third-order valence-corrected chi connectivity index (χ3v) is 3.75. The molecule has 1 aromatic rings. The van der Waals surface area contributed by atoms with Crippen LogP contribution in [-0.2, 0) is 10.8 Å². The number of alkyl halides is 2.